The molecule has 5 rings (SSSR count). The molecule has 2 aromatic carbocycles. The predicted molar refractivity (Wildman–Crippen MR) is 134 cm³/mol. The Balaban J connectivity index is 1.64. The first kappa shape index (κ1) is 23.0. The van der Waals surface area contributed by atoms with Crippen molar-refractivity contribution >= 4 is 22.3 Å². The van der Waals surface area contributed by atoms with Crippen LogP contribution in [0.3, 0.4) is 0 Å². The van der Waals surface area contributed by atoms with E-state index in [4.69, 9.17) is 16.2 Å². The second kappa shape index (κ2) is 9.46. The fourth-order valence-corrected chi connectivity index (χ4v) is 5.75. The molecular weight excluding hydrogens is 431 g/mol. The van der Waals surface area contributed by atoms with Crippen molar-refractivity contribution in [1.82, 2.24) is 15.0 Å². The lowest BCUT2D eigenvalue weighted by molar-refractivity contribution is 0.0333. The van der Waals surface area contributed by atoms with Crippen molar-refractivity contribution in [1.29, 1.82) is 0 Å². The Morgan fingerprint density at radius 3 is 2.59 bits per heavy atom. The number of nitrogens with one attached hydrogen (secondary N) is 1. The van der Waals surface area contributed by atoms with E-state index in [0.717, 1.165) is 42.3 Å². The molecule has 0 radical (unpaired) electrons. The van der Waals surface area contributed by atoms with Crippen LogP contribution < -0.4 is 31.1 Å². The zero-order valence-corrected chi connectivity index (χ0v) is 19.7. The summed E-state index contributed by atoms with van der Waals surface area (Å²) in [7, 11) is 1.46. The minimum absolute atomic E-state index is 0.201. The molecule has 1 aromatic heterocycles. The van der Waals surface area contributed by atoms with Crippen LogP contribution in [0.5, 0.6) is 5.75 Å². The molecule has 0 amide bonds. The van der Waals surface area contributed by atoms with E-state index in [2.05, 4.69) is 34.7 Å². The number of aromatic nitrogens is 1. The maximum absolute atomic E-state index is 14.7. The Hall–Kier alpha value is -2.78. The summed E-state index contributed by atoms with van der Waals surface area (Å²) < 4.78 is 20.2. The first-order chi connectivity index (χ1) is 16.5. The van der Waals surface area contributed by atoms with Gasteiger partial charge in [0.25, 0.3) is 0 Å². The number of anilines is 1. The Morgan fingerprint density at radius 2 is 1.85 bits per heavy atom. The second-order valence-corrected chi connectivity index (χ2v) is 9.37. The number of nitrogens with zero attached hydrogens (tertiary/aromatic N) is 3. The fraction of sp³-hybridized carbons (Fsp3) is 0.423. The third-order valence-corrected chi connectivity index (χ3v) is 7.47. The monoisotopic (exact) mass is 465 g/mol. The molecule has 7 nitrogen and oxygen atoms in total. The first-order valence-electron chi connectivity index (χ1n) is 12.2. The first-order valence-corrected chi connectivity index (χ1v) is 12.2. The highest BCUT2D eigenvalue weighted by Gasteiger charge is 2.52. The summed E-state index contributed by atoms with van der Waals surface area (Å²) in [6, 6.07) is 15.6. The average molecular weight is 466 g/mol. The van der Waals surface area contributed by atoms with Gasteiger partial charge in [0.05, 0.1) is 19.2 Å². The molecule has 2 heterocycles. The lowest BCUT2D eigenvalue weighted by atomic mass is 10.0. The van der Waals surface area contributed by atoms with Gasteiger partial charge in [0.1, 0.15) is 12.2 Å². The van der Waals surface area contributed by atoms with E-state index in [1.807, 2.05) is 23.2 Å². The lowest BCUT2D eigenvalue weighted by Crippen LogP contribution is -2.84. The number of methoxy groups -OCH3 is 1. The van der Waals surface area contributed by atoms with Gasteiger partial charge in [-0.25, -0.2) is 4.39 Å². The Kier molecular flexibility index (Phi) is 6.40. The van der Waals surface area contributed by atoms with Gasteiger partial charge >= 0.3 is 0 Å². The normalized spacial score (nSPS) is 26.4. The van der Waals surface area contributed by atoms with Gasteiger partial charge in [0.2, 0.25) is 6.29 Å². The molecule has 0 spiro atoms. The van der Waals surface area contributed by atoms with Crippen LogP contribution in [0.1, 0.15) is 38.5 Å². The molecule has 8 heteroatoms. The van der Waals surface area contributed by atoms with Crippen LogP contribution in [0.4, 0.5) is 15.8 Å². The zero-order chi connectivity index (χ0) is 23.7. The standard InChI is InChI=1S/C26H34FN6O/c1-34-24-13-10-19(16-22(24)27)32-25(28)17-31-33(26(32)29,20-8-4-2-3-5-9-20)21-11-12-23-18(15-21)7-6-14-30-23/h6-7,10-16,20,25-26,31H,2-5,8-9,17,28-29H2,1H3/q+1. The lowest BCUT2D eigenvalue weighted by Gasteiger charge is -2.55. The number of rotatable bonds is 4. The Labute approximate surface area is 200 Å². The molecule has 34 heavy (non-hydrogen) atoms. The average Bonchev–Trinajstić information content (AvgIpc) is 3.14. The SMILES string of the molecule is COc1ccc(N2C(N)CN[N+](c3ccc4ncccc4c3)(C3CCCCCC3)C2N)cc1F. The maximum Gasteiger partial charge on any atom is 0.244 e. The number of quaternary nitrogens is 1. The summed E-state index contributed by atoms with van der Waals surface area (Å²) in [6.45, 7) is 0.517. The molecule has 2 fully saturated rings. The molecule has 180 valence electrons. The summed E-state index contributed by atoms with van der Waals surface area (Å²) in [4.78, 5) is 6.45. The smallest absolute Gasteiger partial charge is 0.244 e. The van der Waals surface area contributed by atoms with Gasteiger partial charge in [-0.05, 0) is 37.1 Å². The zero-order valence-electron chi connectivity index (χ0n) is 19.7. The molecule has 5 N–H and O–H groups in total. The van der Waals surface area contributed by atoms with E-state index >= 15 is 0 Å². The number of hydrogen-bond acceptors (Lipinski definition) is 6. The van der Waals surface area contributed by atoms with Crippen LogP contribution in [0.25, 0.3) is 10.9 Å². The highest BCUT2D eigenvalue weighted by Crippen LogP contribution is 2.39. The number of pyridine rings is 1. The Morgan fingerprint density at radius 1 is 1.06 bits per heavy atom. The van der Waals surface area contributed by atoms with Crippen LogP contribution in [0, 0.1) is 5.82 Å². The summed E-state index contributed by atoms with van der Waals surface area (Å²) in [6.07, 6.45) is 7.78. The minimum Gasteiger partial charge on any atom is -0.494 e. The summed E-state index contributed by atoms with van der Waals surface area (Å²) in [5.74, 6) is -0.227. The topological polar surface area (TPSA) is 89.4 Å². The number of halogens is 1. The van der Waals surface area contributed by atoms with Crippen LogP contribution >= 0.6 is 0 Å². The van der Waals surface area contributed by atoms with Crippen molar-refractivity contribution in [3.63, 3.8) is 0 Å². The number of benzene rings is 2. The molecule has 0 bridgehead atoms. The molecule has 2 aliphatic rings. The molecule has 3 unspecified atom stereocenters. The number of ether oxygens (including phenoxy) is 1. The largest absolute Gasteiger partial charge is 0.494 e. The van der Waals surface area contributed by atoms with E-state index in [0.29, 0.717) is 16.8 Å². The van der Waals surface area contributed by atoms with Crippen LogP contribution in [0.15, 0.2) is 54.7 Å². The molecule has 1 saturated heterocycles. The van der Waals surface area contributed by atoms with Gasteiger partial charge in [-0.15, -0.1) is 0 Å². The molecule has 1 aliphatic heterocycles. The quantitative estimate of drug-likeness (QED) is 0.399. The third kappa shape index (κ3) is 3.90. The number of nitrogens with two attached hydrogens (primary N) is 2. The number of hydrogen-bond donors (Lipinski definition) is 3. The molecule has 1 saturated carbocycles. The van der Waals surface area contributed by atoms with Gasteiger partial charge in [-0.1, -0.05) is 18.9 Å². The molecular formula is C26H34FN6O+. The van der Waals surface area contributed by atoms with E-state index in [-0.39, 0.29) is 11.8 Å². The summed E-state index contributed by atoms with van der Waals surface area (Å²) >= 11 is 0. The van der Waals surface area contributed by atoms with Gasteiger partial charge in [-0.3, -0.25) is 15.6 Å². The fourth-order valence-electron chi connectivity index (χ4n) is 5.75. The maximum atomic E-state index is 14.7. The molecule has 3 atom stereocenters. The van der Waals surface area contributed by atoms with Gasteiger partial charge in [0, 0.05) is 48.3 Å². The second-order valence-electron chi connectivity index (χ2n) is 9.37. The molecule has 1 aliphatic carbocycles. The van der Waals surface area contributed by atoms with Gasteiger partial charge in [-0.2, -0.15) is 10.0 Å². The van der Waals surface area contributed by atoms with Crippen molar-refractivity contribution in [3.05, 3.63) is 60.5 Å². The minimum atomic E-state index is -0.547. The Bertz CT molecular complexity index is 1150. The van der Waals surface area contributed by atoms with Gasteiger partial charge in [0.15, 0.2) is 17.3 Å². The van der Waals surface area contributed by atoms with Crippen molar-refractivity contribution in [3.8, 4) is 5.75 Å². The van der Waals surface area contributed by atoms with E-state index in [9.17, 15) is 4.39 Å². The highest BCUT2D eigenvalue weighted by molar-refractivity contribution is 5.82. The van der Waals surface area contributed by atoms with E-state index < -0.39 is 18.3 Å². The van der Waals surface area contributed by atoms with Crippen molar-refractivity contribution < 1.29 is 9.13 Å². The van der Waals surface area contributed by atoms with Crippen LogP contribution in [-0.2, 0) is 0 Å². The van der Waals surface area contributed by atoms with Crippen molar-refractivity contribution in [2.75, 3.05) is 18.6 Å². The number of fused-ring (bicyclic) bond motifs is 1. The predicted octanol–water partition coefficient (Wildman–Crippen LogP) is 3.96. The summed E-state index contributed by atoms with van der Waals surface area (Å²) in [5.41, 5.74) is 20.2. The van der Waals surface area contributed by atoms with Crippen molar-refractivity contribution in [2.45, 2.75) is 57.0 Å². The van der Waals surface area contributed by atoms with Gasteiger partial charge < -0.3 is 10.5 Å². The van der Waals surface area contributed by atoms with E-state index in [1.54, 1.807) is 6.07 Å². The third-order valence-electron chi connectivity index (χ3n) is 7.47. The van der Waals surface area contributed by atoms with Crippen molar-refractivity contribution in [2.24, 2.45) is 11.5 Å². The molecule has 3 aromatic rings. The van der Waals surface area contributed by atoms with E-state index in [1.165, 1.54) is 26.0 Å². The highest BCUT2D eigenvalue weighted by atomic mass is 19.1. The summed E-state index contributed by atoms with van der Waals surface area (Å²) in [5, 5.41) is 1.07. The van der Waals surface area contributed by atoms with Crippen LogP contribution in [-0.4, -0.2) is 37.1 Å². The van der Waals surface area contributed by atoms with Crippen LogP contribution in [0.2, 0.25) is 0 Å².